The van der Waals surface area contributed by atoms with Gasteiger partial charge < -0.3 is 14.5 Å². The van der Waals surface area contributed by atoms with Gasteiger partial charge in [-0.1, -0.05) is 35.9 Å². The summed E-state index contributed by atoms with van der Waals surface area (Å²) < 4.78 is 11.3. The summed E-state index contributed by atoms with van der Waals surface area (Å²) in [7, 11) is 1.62. The Labute approximate surface area is 166 Å². The molecule has 3 aromatic carbocycles. The van der Waals surface area contributed by atoms with Crippen molar-refractivity contribution in [2.24, 2.45) is 0 Å². The van der Waals surface area contributed by atoms with Crippen LogP contribution in [0.2, 0.25) is 5.02 Å². The third kappa shape index (κ3) is 3.70. The number of aromatic nitrogens is 2. The Morgan fingerprint density at radius 1 is 1.04 bits per heavy atom. The van der Waals surface area contributed by atoms with Gasteiger partial charge in [0.2, 0.25) is 0 Å². The molecule has 4 aromatic rings. The van der Waals surface area contributed by atoms with Gasteiger partial charge in [0.25, 0.3) is 5.56 Å². The molecule has 0 fully saturated rings. The molecule has 0 aliphatic rings. The lowest BCUT2D eigenvalue weighted by Crippen LogP contribution is -2.10. The van der Waals surface area contributed by atoms with E-state index in [-0.39, 0.29) is 5.56 Å². The maximum absolute atomic E-state index is 12.4. The second kappa shape index (κ2) is 7.74. The van der Waals surface area contributed by atoms with Gasteiger partial charge in [0.15, 0.2) is 0 Å². The molecule has 28 heavy (non-hydrogen) atoms. The predicted molar refractivity (Wildman–Crippen MR) is 110 cm³/mol. The van der Waals surface area contributed by atoms with E-state index in [1.807, 2.05) is 30.3 Å². The molecule has 0 saturated heterocycles. The second-order valence-electron chi connectivity index (χ2n) is 6.21. The Bertz CT molecular complexity index is 1200. The summed E-state index contributed by atoms with van der Waals surface area (Å²) in [5, 5.41) is 1.06. The van der Waals surface area contributed by atoms with Gasteiger partial charge in [-0.05, 0) is 48.0 Å². The van der Waals surface area contributed by atoms with E-state index < -0.39 is 0 Å². The van der Waals surface area contributed by atoms with Crippen LogP contribution in [0.4, 0.5) is 0 Å². The van der Waals surface area contributed by atoms with Crippen molar-refractivity contribution in [2.75, 3.05) is 7.11 Å². The Balaban J connectivity index is 1.72. The monoisotopic (exact) mass is 392 g/mol. The third-order valence-corrected chi connectivity index (χ3v) is 4.57. The lowest BCUT2D eigenvalue weighted by atomic mass is 10.1. The van der Waals surface area contributed by atoms with Gasteiger partial charge in [-0.25, -0.2) is 4.98 Å². The van der Waals surface area contributed by atoms with Gasteiger partial charge >= 0.3 is 0 Å². The van der Waals surface area contributed by atoms with Crippen molar-refractivity contribution in [3.63, 3.8) is 0 Å². The molecule has 0 unspecified atom stereocenters. The molecule has 0 aliphatic heterocycles. The minimum Gasteiger partial charge on any atom is -0.497 e. The molecule has 0 radical (unpaired) electrons. The van der Waals surface area contributed by atoms with E-state index in [9.17, 15) is 4.79 Å². The highest BCUT2D eigenvalue weighted by Gasteiger charge is 2.12. The van der Waals surface area contributed by atoms with E-state index in [0.717, 1.165) is 11.3 Å². The van der Waals surface area contributed by atoms with Crippen LogP contribution >= 0.6 is 11.6 Å². The zero-order valence-corrected chi connectivity index (χ0v) is 15.9. The van der Waals surface area contributed by atoms with Crippen LogP contribution in [0.5, 0.6) is 11.5 Å². The predicted octanol–water partition coefficient (Wildman–Crippen LogP) is 4.83. The molecule has 0 spiro atoms. The highest BCUT2D eigenvalue weighted by molar-refractivity contribution is 6.30. The molecule has 5 nitrogen and oxygen atoms in total. The van der Waals surface area contributed by atoms with Crippen molar-refractivity contribution in [3.8, 4) is 22.9 Å². The summed E-state index contributed by atoms with van der Waals surface area (Å²) in [6, 6.07) is 20.1. The Morgan fingerprint density at radius 3 is 2.75 bits per heavy atom. The first-order valence-corrected chi connectivity index (χ1v) is 9.06. The van der Waals surface area contributed by atoms with Gasteiger partial charge in [0.05, 0.1) is 23.6 Å². The number of methoxy groups -OCH3 is 1. The topological polar surface area (TPSA) is 64.2 Å². The van der Waals surface area contributed by atoms with Crippen molar-refractivity contribution in [3.05, 3.63) is 87.7 Å². The first-order valence-electron chi connectivity index (χ1n) is 8.69. The van der Waals surface area contributed by atoms with Gasteiger partial charge in [-0.15, -0.1) is 0 Å². The summed E-state index contributed by atoms with van der Waals surface area (Å²) in [4.78, 5) is 19.8. The van der Waals surface area contributed by atoms with Crippen molar-refractivity contribution in [1.82, 2.24) is 9.97 Å². The second-order valence-corrected chi connectivity index (χ2v) is 6.65. The Kier molecular flexibility index (Phi) is 5.00. The smallest absolute Gasteiger partial charge is 0.259 e. The fourth-order valence-electron chi connectivity index (χ4n) is 2.95. The lowest BCUT2D eigenvalue weighted by molar-refractivity contribution is 0.306. The van der Waals surface area contributed by atoms with E-state index in [2.05, 4.69) is 9.97 Å². The highest BCUT2D eigenvalue weighted by Crippen LogP contribution is 2.31. The molecule has 0 bridgehead atoms. The van der Waals surface area contributed by atoms with Crippen LogP contribution in [0.15, 0.2) is 71.5 Å². The van der Waals surface area contributed by atoms with Gasteiger partial charge in [0, 0.05) is 5.02 Å². The maximum atomic E-state index is 12.4. The van der Waals surface area contributed by atoms with Crippen LogP contribution in [0.25, 0.3) is 22.3 Å². The van der Waals surface area contributed by atoms with Gasteiger partial charge in [0.1, 0.15) is 23.9 Å². The maximum Gasteiger partial charge on any atom is 0.259 e. The van der Waals surface area contributed by atoms with Crippen LogP contribution in [-0.2, 0) is 6.61 Å². The molecular weight excluding hydrogens is 376 g/mol. The molecule has 1 heterocycles. The number of H-pyrrole nitrogens is 1. The molecule has 0 aliphatic carbocycles. The minimum absolute atomic E-state index is 0.209. The number of para-hydroxylation sites is 1. The highest BCUT2D eigenvalue weighted by atomic mass is 35.5. The first kappa shape index (κ1) is 18.1. The Morgan fingerprint density at radius 2 is 1.89 bits per heavy atom. The average Bonchev–Trinajstić information content (AvgIpc) is 2.73. The summed E-state index contributed by atoms with van der Waals surface area (Å²) in [5.74, 6) is 1.75. The molecule has 0 saturated carbocycles. The number of nitrogens with zero attached hydrogens (tertiary/aromatic N) is 1. The zero-order valence-electron chi connectivity index (χ0n) is 15.1. The number of aromatic amines is 1. The molecule has 6 heteroatoms. The quantitative estimate of drug-likeness (QED) is 0.528. The molecule has 0 atom stereocenters. The largest absolute Gasteiger partial charge is 0.497 e. The summed E-state index contributed by atoms with van der Waals surface area (Å²) in [6.07, 6.45) is 0. The van der Waals surface area contributed by atoms with Crippen molar-refractivity contribution >= 4 is 22.5 Å². The van der Waals surface area contributed by atoms with Crippen LogP contribution < -0.4 is 15.0 Å². The molecular formula is C22H17ClN2O3. The van der Waals surface area contributed by atoms with Gasteiger partial charge in [-0.3, -0.25) is 4.79 Å². The fraction of sp³-hybridized carbons (Fsp3) is 0.0909. The van der Waals surface area contributed by atoms with Crippen molar-refractivity contribution in [1.29, 1.82) is 0 Å². The number of rotatable bonds is 5. The van der Waals surface area contributed by atoms with Crippen molar-refractivity contribution < 1.29 is 9.47 Å². The van der Waals surface area contributed by atoms with Crippen LogP contribution in [0, 0.1) is 0 Å². The van der Waals surface area contributed by atoms with Gasteiger partial charge in [-0.2, -0.15) is 0 Å². The lowest BCUT2D eigenvalue weighted by Gasteiger charge is -2.12. The van der Waals surface area contributed by atoms with Crippen LogP contribution in [0.1, 0.15) is 5.56 Å². The Hall–Kier alpha value is -3.31. The van der Waals surface area contributed by atoms with Crippen LogP contribution in [-0.4, -0.2) is 17.1 Å². The van der Waals surface area contributed by atoms with E-state index in [1.165, 1.54) is 0 Å². The van der Waals surface area contributed by atoms with E-state index >= 15 is 0 Å². The first-order chi connectivity index (χ1) is 13.6. The normalized spacial score (nSPS) is 10.8. The molecule has 140 valence electrons. The molecule has 4 rings (SSSR count). The average molecular weight is 393 g/mol. The SMILES string of the molecule is COc1cccc(COc2ccc(Cl)cc2-c2nc3ccccc3c(=O)[nH]2)c1. The van der Waals surface area contributed by atoms with E-state index in [0.29, 0.717) is 39.7 Å². The number of nitrogens with one attached hydrogen (secondary N) is 1. The standard InChI is InChI=1S/C22H17ClN2O3/c1-27-16-6-4-5-14(11-16)13-28-20-10-9-15(23)12-18(20)21-24-19-8-3-2-7-17(19)22(26)25-21/h2-12H,13H2,1H3,(H,24,25,26). The number of hydrogen-bond donors (Lipinski definition) is 1. The molecule has 1 N–H and O–H groups in total. The number of hydrogen-bond acceptors (Lipinski definition) is 4. The summed E-state index contributed by atoms with van der Waals surface area (Å²) in [5.41, 5.74) is 1.98. The van der Waals surface area contributed by atoms with Crippen LogP contribution in [0.3, 0.4) is 0 Å². The number of benzene rings is 3. The zero-order chi connectivity index (χ0) is 19.5. The molecule has 0 amide bonds. The van der Waals surface area contributed by atoms with Crippen molar-refractivity contribution in [2.45, 2.75) is 6.61 Å². The minimum atomic E-state index is -0.209. The third-order valence-electron chi connectivity index (χ3n) is 4.34. The summed E-state index contributed by atoms with van der Waals surface area (Å²) >= 11 is 6.19. The number of ether oxygens (including phenoxy) is 2. The van der Waals surface area contributed by atoms with E-state index in [4.69, 9.17) is 21.1 Å². The fourth-order valence-corrected chi connectivity index (χ4v) is 3.12. The number of fused-ring (bicyclic) bond motifs is 1. The van der Waals surface area contributed by atoms with E-state index in [1.54, 1.807) is 43.5 Å². The number of halogens is 1. The molecule has 1 aromatic heterocycles. The summed E-state index contributed by atoms with van der Waals surface area (Å²) in [6.45, 7) is 0.337.